The maximum atomic E-state index is 14.2. The zero-order valence-electron chi connectivity index (χ0n) is 37.3. The molecule has 0 spiro atoms. The van der Waals surface area contributed by atoms with Gasteiger partial charge < -0.3 is 28.6 Å². The summed E-state index contributed by atoms with van der Waals surface area (Å²) in [4.78, 5) is 26.4. The van der Waals surface area contributed by atoms with Gasteiger partial charge >= 0.3 is 18.3 Å². The third kappa shape index (κ3) is 9.20. The number of oxime groups is 1. The number of unbranched alkanes of at least 4 members (excludes halogenated alkanes) is 1. The van der Waals surface area contributed by atoms with E-state index in [1.165, 1.54) is 19.1 Å². The highest BCUT2D eigenvalue weighted by molar-refractivity contribution is 6.23. The first-order valence-corrected chi connectivity index (χ1v) is 22.0. The quantitative estimate of drug-likeness (QED) is 0.0398. The minimum atomic E-state index is -4.41. The first-order valence-electron chi connectivity index (χ1n) is 22.0. The Bertz CT molecular complexity index is 2970. The van der Waals surface area contributed by atoms with Gasteiger partial charge in [-0.15, -0.1) is 0 Å². The van der Waals surface area contributed by atoms with Crippen LogP contribution < -0.4 is 14.2 Å². The van der Waals surface area contributed by atoms with Gasteiger partial charge in [-0.1, -0.05) is 80.7 Å². The molecule has 9 nitrogen and oxygen atoms in total. The van der Waals surface area contributed by atoms with Gasteiger partial charge in [-0.05, 0) is 96.6 Å². The summed E-state index contributed by atoms with van der Waals surface area (Å²) < 4.78 is 73.5. The van der Waals surface area contributed by atoms with Crippen LogP contribution in [0.2, 0.25) is 0 Å². The van der Waals surface area contributed by atoms with Crippen molar-refractivity contribution in [1.82, 2.24) is 14.5 Å². The normalized spacial score (nSPS) is 12.6. The Morgan fingerprint density at radius 1 is 0.803 bits per heavy atom. The number of rotatable bonds is 18. The van der Waals surface area contributed by atoms with Crippen molar-refractivity contribution in [1.29, 1.82) is 0 Å². The van der Waals surface area contributed by atoms with Crippen LogP contribution in [0.15, 0.2) is 126 Å². The van der Waals surface area contributed by atoms with Crippen molar-refractivity contribution in [2.24, 2.45) is 11.1 Å². The molecule has 0 fully saturated rings. The van der Waals surface area contributed by atoms with Crippen LogP contribution in [0.1, 0.15) is 57.6 Å². The van der Waals surface area contributed by atoms with Gasteiger partial charge in [0, 0.05) is 63.0 Å². The number of hydrogen-bond donors (Lipinski definition) is 1. The summed E-state index contributed by atoms with van der Waals surface area (Å²) in [5.41, 5.74) is 6.87. The third-order valence-corrected chi connectivity index (χ3v) is 12.0. The van der Waals surface area contributed by atoms with Gasteiger partial charge in [-0.2, -0.15) is 8.78 Å². The van der Waals surface area contributed by atoms with E-state index >= 15 is 0 Å². The number of aromatic nitrogens is 3. The lowest BCUT2D eigenvalue weighted by Crippen LogP contribution is -2.34. The molecule has 0 aliphatic heterocycles. The predicted molar refractivity (Wildman–Crippen MR) is 252 cm³/mol. The lowest BCUT2D eigenvalue weighted by molar-refractivity contribution is -0.148. The minimum Gasteiger partial charge on any atom is -0.497 e. The summed E-state index contributed by atoms with van der Waals surface area (Å²) in [6, 6.07) is 37.8. The summed E-state index contributed by atoms with van der Waals surface area (Å²) in [6.45, 7) is 4.77. The monoisotopic (exact) mass is 898 g/mol. The molecule has 66 heavy (non-hydrogen) atoms. The van der Waals surface area contributed by atoms with E-state index in [9.17, 15) is 22.4 Å². The molecule has 6 aromatic carbocycles. The van der Waals surface area contributed by atoms with Crippen molar-refractivity contribution in [3.05, 3.63) is 132 Å². The second-order valence-electron chi connectivity index (χ2n) is 16.3. The number of alkyl halides is 4. The molecule has 1 atom stereocenters. The van der Waals surface area contributed by atoms with Crippen molar-refractivity contribution < 1.29 is 41.4 Å². The molecule has 0 aliphatic rings. The number of hydrogen-bond acceptors (Lipinski definition) is 7. The van der Waals surface area contributed by atoms with Crippen molar-refractivity contribution in [3.8, 4) is 51.2 Å². The van der Waals surface area contributed by atoms with E-state index in [1.54, 1.807) is 26.4 Å². The first-order chi connectivity index (χ1) is 31.9. The fourth-order valence-electron chi connectivity index (χ4n) is 8.49. The molecule has 0 amide bonds. The topological polar surface area (TPSA) is 100.0 Å². The molecule has 1 N–H and O–H groups in total. The van der Waals surface area contributed by atoms with Crippen LogP contribution in [0.5, 0.6) is 17.2 Å². The Kier molecular flexibility index (Phi) is 13.4. The molecule has 8 rings (SSSR count). The average Bonchev–Trinajstić information content (AvgIpc) is 3.91. The number of carbonyl (C=O) groups excluding carboxylic acids is 1. The zero-order valence-corrected chi connectivity index (χ0v) is 37.3. The van der Waals surface area contributed by atoms with Crippen LogP contribution in [0.4, 0.5) is 17.6 Å². The largest absolute Gasteiger partial charge is 0.497 e. The van der Waals surface area contributed by atoms with Gasteiger partial charge in [-0.3, -0.25) is 0 Å². The number of H-pyrrole nitrogens is 1. The van der Waals surface area contributed by atoms with E-state index in [1.807, 2.05) is 78.9 Å². The number of carbonyl (C=O) groups is 1. The molecule has 0 radical (unpaired) electrons. The van der Waals surface area contributed by atoms with E-state index < -0.39 is 24.9 Å². The molecule has 8 aromatic rings. The summed E-state index contributed by atoms with van der Waals surface area (Å²) in [5.74, 6) is -2.81. The number of nitrogens with zero attached hydrogens (tertiary/aromatic N) is 3. The first kappa shape index (κ1) is 45.4. The standard InChI is InChI=1S/C53H50F4N4O5/c1-6-8-13-33(7-2)30-61-45-27-22-36(47(60-66-32(3)62)41-16-11-12-17-46(41)65-31-53(56,57)52(54)55)28-42(45)43-29-44(39-14-9-10-15-40(39)50(43)61)51-58-48(34-18-23-37(63-4)24-19-34)49(59-51)35-20-25-38(64-5)26-21-35/h9-12,14-29,33,52H,6-8,13,30-31H2,1-5H3,(H,58,59). The smallest absolute Gasteiger partial charge is 0.340 e. The molecule has 2 heterocycles. The fourth-order valence-corrected chi connectivity index (χ4v) is 8.49. The highest BCUT2D eigenvalue weighted by atomic mass is 19.3. The molecular formula is C53H50F4N4O5. The number of nitrogens with one attached hydrogen (secondary N) is 1. The Hall–Kier alpha value is -7.15. The van der Waals surface area contributed by atoms with Gasteiger partial charge in [0.2, 0.25) is 0 Å². The molecule has 0 saturated carbocycles. The van der Waals surface area contributed by atoms with Gasteiger partial charge in [-0.25, -0.2) is 18.6 Å². The predicted octanol–water partition coefficient (Wildman–Crippen LogP) is 13.5. The Labute approximate surface area is 380 Å². The Morgan fingerprint density at radius 2 is 1.47 bits per heavy atom. The number of methoxy groups -OCH3 is 2. The highest BCUT2D eigenvalue weighted by Gasteiger charge is 2.42. The van der Waals surface area contributed by atoms with Crippen molar-refractivity contribution >= 4 is 44.3 Å². The fraction of sp³-hybridized carbons (Fsp3) is 0.264. The SMILES string of the molecule is CCCCC(CC)Cn1c2ccc(C(=NOC(C)=O)c3ccccc3OCC(F)(F)C(F)F)cc2c2cc(-c3nc(-c4ccc(OC)cc4)c(-c4ccc(OC)cc4)[nH]3)c3ccccc3c21. The van der Waals surface area contributed by atoms with Crippen molar-refractivity contribution in [2.75, 3.05) is 20.8 Å². The van der Waals surface area contributed by atoms with Crippen LogP contribution in [0, 0.1) is 5.92 Å². The molecule has 0 saturated heterocycles. The number of ether oxygens (including phenoxy) is 3. The van der Waals surface area contributed by atoms with Gasteiger partial charge in [0.25, 0.3) is 0 Å². The average molecular weight is 899 g/mol. The van der Waals surface area contributed by atoms with E-state index in [0.29, 0.717) is 17.3 Å². The van der Waals surface area contributed by atoms with Crippen LogP contribution >= 0.6 is 0 Å². The van der Waals surface area contributed by atoms with E-state index in [2.05, 4.69) is 46.8 Å². The number of halogens is 4. The van der Waals surface area contributed by atoms with Crippen LogP contribution in [0.3, 0.4) is 0 Å². The molecule has 1 unspecified atom stereocenters. The summed E-state index contributed by atoms with van der Waals surface area (Å²) in [6.07, 6.45) is 0.270. The van der Waals surface area contributed by atoms with Crippen molar-refractivity contribution in [2.45, 2.75) is 65.3 Å². The van der Waals surface area contributed by atoms with E-state index in [0.717, 1.165) is 104 Å². The lowest BCUT2D eigenvalue weighted by Gasteiger charge is -2.19. The summed E-state index contributed by atoms with van der Waals surface area (Å²) in [5, 5.41) is 7.96. The van der Waals surface area contributed by atoms with E-state index in [-0.39, 0.29) is 17.0 Å². The van der Waals surface area contributed by atoms with E-state index in [4.69, 9.17) is 24.0 Å². The summed E-state index contributed by atoms with van der Waals surface area (Å²) >= 11 is 0. The molecule has 340 valence electrons. The molecular weight excluding hydrogens is 849 g/mol. The minimum absolute atomic E-state index is 0.0821. The maximum absolute atomic E-state index is 14.2. The number of fused-ring (bicyclic) bond motifs is 5. The maximum Gasteiger partial charge on any atom is 0.340 e. The summed E-state index contributed by atoms with van der Waals surface area (Å²) in [7, 11) is 3.26. The number of imidazole rings is 1. The van der Waals surface area contributed by atoms with Gasteiger partial charge in [0.1, 0.15) is 28.8 Å². The van der Waals surface area contributed by atoms with Crippen molar-refractivity contribution in [3.63, 3.8) is 0 Å². The number of benzene rings is 6. The molecule has 2 aromatic heterocycles. The molecule has 0 aliphatic carbocycles. The molecule has 0 bridgehead atoms. The number of para-hydroxylation sites is 1. The number of aromatic amines is 1. The van der Waals surface area contributed by atoms with Gasteiger partial charge in [0.15, 0.2) is 6.61 Å². The second kappa shape index (κ2) is 19.5. The zero-order chi connectivity index (χ0) is 46.5. The Morgan fingerprint density at radius 3 is 2.12 bits per heavy atom. The van der Waals surface area contributed by atoms with Crippen LogP contribution in [-0.2, 0) is 16.2 Å². The highest BCUT2D eigenvalue weighted by Crippen LogP contribution is 2.43. The van der Waals surface area contributed by atoms with Crippen LogP contribution in [-0.4, -0.2) is 59.4 Å². The third-order valence-electron chi connectivity index (χ3n) is 12.0. The Balaban J connectivity index is 1.38. The second-order valence-corrected chi connectivity index (χ2v) is 16.3. The molecule has 13 heteroatoms. The lowest BCUT2D eigenvalue weighted by atomic mass is 9.97. The van der Waals surface area contributed by atoms with Crippen LogP contribution in [0.25, 0.3) is 66.5 Å². The van der Waals surface area contributed by atoms with Gasteiger partial charge in [0.05, 0.1) is 31.1 Å².